The second kappa shape index (κ2) is 3.74. The molecule has 2 unspecified atom stereocenters. The van der Waals surface area contributed by atoms with Crippen LogP contribution in [-0.2, 0) is 0 Å². The van der Waals surface area contributed by atoms with Crippen LogP contribution in [0.4, 0.5) is 8.78 Å². The molecule has 2 fully saturated rings. The van der Waals surface area contributed by atoms with Crippen LogP contribution in [-0.4, -0.2) is 36.5 Å². The lowest BCUT2D eigenvalue weighted by atomic mass is 10.1. The molecule has 4 heteroatoms. The molecule has 0 amide bonds. The number of nitrogens with zero attached hydrogens (tertiary/aromatic N) is 1. The molecule has 0 bridgehead atoms. The predicted molar refractivity (Wildman–Crippen MR) is 51.3 cm³/mol. The zero-order valence-electron chi connectivity index (χ0n) is 8.38. The lowest BCUT2D eigenvalue weighted by molar-refractivity contribution is -0.0562. The molecule has 2 aliphatic rings. The van der Waals surface area contributed by atoms with Gasteiger partial charge in [0.05, 0.1) is 6.04 Å². The molecule has 82 valence electrons. The van der Waals surface area contributed by atoms with Gasteiger partial charge in [-0.1, -0.05) is 0 Å². The first-order valence-corrected chi connectivity index (χ1v) is 5.45. The molecule has 0 aromatic rings. The summed E-state index contributed by atoms with van der Waals surface area (Å²) in [5.41, 5.74) is 5.55. The molecule has 1 heterocycles. The second-order valence-electron chi connectivity index (χ2n) is 4.55. The molecule has 2 nitrogen and oxygen atoms in total. The highest BCUT2D eigenvalue weighted by Crippen LogP contribution is 2.40. The molecular formula is C10H18F2N2. The van der Waals surface area contributed by atoms with E-state index in [9.17, 15) is 8.78 Å². The van der Waals surface area contributed by atoms with Crippen LogP contribution in [0.1, 0.15) is 25.7 Å². The van der Waals surface area contributed by atoms with E-state index in [0.29, 0.717) is 25.3 Å². The minimum atomic E-state index is -2.45. The minimum absolute atomic E-state index is 0.0709. The molecule has 2 atom stereocenters. The van der Waals surface area contributed by atoms with Gasteiger partial charge < -0.3 is 5.73 Å². The first kappa shape index (κ1) is 10.3. The number of nitrogens with two attached hydrogens (primary N) is 1. The number of hydrogen-bond acceptors (Lipinski definition) is 2. The van der Waals surface area contributed by atoms with Crippen molar-refractivity contribution in [2.24, 2.45) is 11.7 Å². The Hall–Kier alpha value is -0.220. The van der Waals surface area contributed by atoms with Crippen molar-refractivity contribution in [3.8, 4) is 0 Å². The van der Waals surface area contributed by atoms with Gasteiger partial charge in [-0.2, -0.15) is 0 Å². The Balaban J connectivity index is 1.96. The number of alkyl halides is 2. The van der Waals surface area contributed by atoms with Crippen molar-refractivity contribution in [3.05, 3.63) is 0 Å². The first-order chi connectivity index (χ1) is 6.63. The Bertz CT molecular complexity index is 208. The number of likely N-dealkylation sites (tertiary alicyclic amines) is 1. The fourth-order valence-corrected chi connectivity index (χ4v) is 2.70. The van der Waals surface area contributed by atoms with Crippen molar-refractivity contribution >= 4 is 0 Å². The lowest BCUT2D eigenvalue weighted by Crippen LogP contribution is -2.43. The van der Waals surface area contributed by atoms with Crippen LogP contribution in [0.3, 0.4) is 0 Å². The van der Waals surface area contributed by atoms with E-state index in [2.05, 4.69) is 0 Å². The summed E-state index contributed by atoms with van der Waals surface area (Å²) >= 11 is 0. The highest BCUT2D eigenvalue weighted by atomic mass is 19.3. The third-order valence-corrected chi connectivity index (χ3v) is 3.57. The van der Waals surface area contributed by atoms with Crippen molar-refractivity contribution < 1.29 is 8.78 Å². The molecule has 2 rings (SSSR count). The van der Waals surface area contributed by atoms with E-state index in [-0.39, 0.29) is 6.42 Å². The topological polar surface area (TPSA) is 29.3 Å². The molecule has 0 spiro atoms. The molecule has 1 aliphatic carbocycles. The second-order valence-corrected chi connectivity index (χ2v) is 4.55. The van der Waals surface area contributed by atoms with Crippen LogP contribution in [0.15, 0.2) is 0 Å². The summed E-state index contributed by atoms with van der Waals surface area (Å²) in [5, 5.41) is 0. The SMILES string of the molecule is NCC1CCN(C2CCCC2(F)F)C1. The normalized spacial score (nSPS) is 37.9. The van der Waals surface area contributed by atoms with Crippen molar-refractivity contribution in [2.45, 2.75) is 37.6 Å². The maximum Gasteiger partial charge on any atom is 0.263 e. The average Bonchev–Trinajstić information content (AvgIpc) is 2.70. The maximum absolute atomic E-state index is 13.4. The summed E-state index contributed by atoms with van der Waals surface area (Å²) in [6, 6.07) is -0.501. The zero-order valence-corrected chi connectivity index (χ0v) is 8.38. The Morgan fingerprint density at radius 1 is 1.36 bits per heavy atom. The number of halogens is 2. The summed E-state index contributed by atoms with van der Waals surface area (Å²) in [5.74, 6) is -2.02. The van der Waals surface area contributed by atoms with E-state index in [1.54, 1.807) is 0 Å². The van der Waals surface area contributed by atoms with E-state index in [1.165, 1.54) is 0 Å². The third kappa shape index (κ3) is 1.77. The molecule has 14 heavy (non-hydrogen) atoms. The highest BCUT2D eigenvalue weighted by Gasteiger charge is 2.48. The van der Waals surface area contributed by atoms with E-state index >= 15 is 0 Å². The quantitative estimate of drug-likeness (QED) is 0.737. The van der Waals surface area contributed by atoms with Crippen molar-refractivity contribution in [1.29, 1.82) is 0 Å². The number of hydrogen-bond donors (Lipinski definition) is 1. The van der Waals surface area contributed by atoms with Crippen LogP contribution in [0.25, 0.3) is 0 Å². The van der Waals surface area contributed by atoms with Gasteiger partial charge in [-0.05, 0) is 38.3 Å². The summed E-state index contributed by atoms with van der Waals surface area (Å²) in [6.07, 6.45) is 2.39. The van der Waals surface area contributed by atoms with Crippen molar-refractivity contribution in [3.63, 3.8) is 0 Å². The van der Waals surface area contributed by atoms with Gasteiger partial charge in [-0.25, -0.2) is 8.78 Å². The smallest absolute Gasteiger partial charge is 0.263 e. The molecule has 1 saturated carbocycles. The first-order valence-electron chi connectivity index (χ1n) is 5.45. The Morgan fingerprint density at radius 3 is 2.64 bits per heavy atom. The van der Waals surface area contributed by atoms with Crippen LogP contribution in [0.2, 0.25) is 0 Å². The van der Waals surface area contributed by atoms with E-state index in [1.807, 2.05) is 4.90 Å². The molecule has 1 saturated heterocycles. The van der Waals surface area contributed by atoms with Crippen LogP contribution in [0.5, 0.6) is 0 Å². The monoisotopic (exact) mass is 204 g/mol. The van der Waals surface area contributed by atoms with Gasteiger partial charge in [0, 0.05) is 13.0 Å². The van der Waals surface area contributed by atoms with Gasteiger partial charge in [0.1, 0.15) is 0 Å². The largest absolute Gasteiger partial charge is 0.330 e. The fraction of sp³-hybridized carbons (Fsp3) is 1.00. The van der Waals surface area contributed by atoms with Gasteiger partial charge in [0.15, 0.2) is 0 Å². The molecular weight excluding hydrogens is 186 g/mol. The summed E-state index contributed by atoms with van der Waals surface area (Å²) in [6.45, 7) is 2.22. The Morgan fingerprint density at radius 2 is 2.14 bits per heavy atom. The van der Waals surface area contributed by atoms with Gasteiger partial charge in [-0.3, -0.25) is 4.90 Å². The van der Waals surface area contributed by atoms with E-state index in [0.717, 1.165) is 19.5 Å². The van der Waals surface area contributed by atoms with Crippen LogP contribution in [0, 0.1) is 5.92 Å². The van der Waals surface area contributed by atoms with Gasteiger partial charge in [0.25, 0.3) is 5.92 Å². The molecule has 0 aromatic heterocycles. The van der Waals surface area contributed by atoms with E-state index in [4.69, 9.17) is 5.73 Å². The highest BCUT2D eigenvalue weighted by molar-refractivity contribution is 4.94. The zero-order chi connectivity index (χ0) is 10.2. The minimum Gasteiger partial charge on any atom is -0.330 e. The Kier molecular flexibility index (Phi) is 2.75. The van der Waals surface area contributed by atoms with Crippen LogP contribution >= 0.6 is 0 Å². The molecule has 1 aliphatic heterocycles. The Labute approximate surface area is 83.4 Å². The van der Waals surface area contributed by atoms with Crippen molar-refractivity contribution in [1.82, 2.24) is 4.90 Å². The number of rotatable bonds is 2. The van der Waals surface area contributed by atoms with E-state index < -0.39 is 12.0 Å². The van der Waals surface area contributed by atoms with Crippen LogP contribution < -0.4 is 5.73 Å². The lowest BCUT2D eigenvalue weighted by Gasteiger charge is -2.28. The molecule has 0 radical (unpaired) electrons. The predicted octanol–water partition coefficient (Wildman–Crippen LogP) is 1.45. The van der Waals surface area contributed by atoms with Gasteiger partial charge in [0.2, 0.25) is 0 Å². The maximum atomic E-state index is 13.4. The fourth-order valence-electron chi connectivity index (χ4n) is 2.70. The third-order valence-electron chi connectivity index (χ3n) is 3.57. The van der Waals surface area contributed by atoms with Crippen molar-refractivity contribution in [2.75, 3.05) is 19.6 Å². The average molecular weight is 204 g/mol. The molecule has 0 aromatic carbocycles. The van der Waals surface area contributed by atoms with Gasteiger partial charge >= 0.3 is 0 Å². The van der Waals surface area contributed by atoms with Gasteiger partial charge in [-0.15, -0.1) is 0 Å². The summed E-state index contributed by atoms with van der Waals surface area (Å²) in [7, 11) is 0. The summed E-state index contributed by atoms with van der Waals surface area (Å²) in [4.78, 5) is 1.95. The summed E-state index contributed by atoms with van der Waals surface area (Å²) < 4.78 is 26.8. The molecule has 2 N–H and O–H groups in total. The standard InChI is InChI=1S/C10H18F2N2/c11-10(12)4-1-2-9(10)14-5-3-8(6-13)7-14/h8-9H,1-7,13H2.